The van der Waals surface area contributed by atoms with Gasteiger partial charge < -0.3 is 10.2 Å². The van der Waals surface area contributed by atoms with Crippen molar-refractivity contribution in [1.82, 2.24) is 10.2 Å². The lowest BCUT2D eigenvalue weighted by Gasteiger charge is -2.13. The number of amides is 1. The first kappa shape index (κ1) is 9.08. The van der Waals surface area contributed by atoms with Gasteiger partial charge in [-0.2, -0.15) is 0 Å². The van der Waals surface area contributed by atoms with Crippen LogP contribution in [0.2, 0.25) is 0 Å². The van der Waals surface area contributed by atoms with Crippen LogP contribution >= 0.6 is 0 Å². The van der Waals surface area contributed by atoms with E-state index in [0.29, 0.717) is 5.92 Å². The topological polar surface area (TPSA) is 32.3 Å². The third-order valence-electron chi connectivity index (χ3n) is 2.24. The van der Waals surface area contributed by atoms with Gasteiger partial charge in [0.2, 0.25) is 0 Å². The van der Waals surface area contributed by atoms with Crippen molar-refractivity contribution >= 4 is 5.91 Å². The van der Waals surface area contributed by atoms with E-state index in [1.165, 1.54) is 0 Å². The molecule has 1 saturated heterocycles. The maximum Gasteiger partial charge on any atom is 0.295 e. The van der Waals surface area contributed by atoms with Gasteiger partial charge >= 0.3 is 0 Å². The summed E-state index contributed by atoms with van der Waals surface area (Å²) in [4.78, 5) is 13.0. The van der Waals surface area contributed by atoms with Crippen molar-refractivity contribution in [3.8, 4) is 12.3 Å². The number of carbonyl (C=O) groups is 1. The van der Waals surface area contributed by atoms with Crippen LogP contribution in [0.5, 0.6) is 0 Å². The number of rotatable bonds is 1. The van der Waals surface area contributed by atoms with E-state index in [1.54, 1.807) is 0 Å². The highest BCUT2D eigenvalue weighted by Crippen LogP contribution is 2.13. The zero-order valence-corrected chi connectivity index (χ0v) is 7.50. The minimum Gasteiger partial charge on any atom is -0.341 e. The molecule has 1 aliphatic rings. The Morgan fingerprint density at radius 3 is 2.75 bits per heavy atom. The van der Waals surface area contributed by atoms with E-state index in [9.17, 15) is 4.79 Å². The minimum absolute atomic E-state index is 0.221. The van der Waals surface area contributed by atoms with Crippen LogP contribution in [0.1, 0.15) is 6.92 Å². The molecule has 0 radical (unpaired) electrons. The monoisotopic (exact) mass is 166 g/mol. The molecule has 0 aliphatic carbocycles. The Kier molecular flexibility index (Phi) is 2.72. The Morgan fingerprint density at radius 2 is 2.33 bits per heavy atom. The van der Waals surface area contributed by atoms with E-state index in [0.717, 1.165) is 13.1 Å². The highest BCUT2D eigenvalue weighted by atomic mass is 16.1. The summed E-state index contributed by atoms with van der Waals surface area (Å²) in [5.41, 5.74) is 0. The fraction of sp³-hybridized carbons (Fsp3) is 0.667. The highest BCUT2D eigenvalue weighted by Gasteiger charge is 2.27. The summed E-state index contributed by atoms with van der Waals surface area (Å²) in [7, 11) is 2.04. The van der Waals surface area contributed by atoms with Gasteiger partial charge in [-0.3, -0.25) is 4.79 Å². The fourth-order valence-electron chi connectivity index (χ4n) is 1.61. The lowest BCUT2D eigenvalue weighted by Crippen LogP contribution is -2.38. The number of nitrogens with one attached hydrogen (secondary N) is 1. The van der Waals surface area contributed by atoms with Crippen LogP contribution in [0.4, 0.5) is 0 Å². The molecule has 1 rings (SSSR count). The van der Waals surface area contributed by atoms with Gasteiger partial charge in [-0.15, -0.1) is 6.42 Å². The van der Waals surface area contributed by atoms with Gasteiger partial charge in [-0.1, -0.05) is 6.92 Å². The van der Waals surface area contributed by atoms with Crippen molar-refractivity contribution in [3.05, 3.63) is 0 Å². The second kappa shape index (κ2) is 3.59. The van der Waals surface area contributed by atoms with E-state index < -0.39 is 0 Å². The van der Waals surface area contributed by atoms with Gasteiger partial charge in [0.05, 0.1) is 0 Å². The molecule has 0 aromatic carbocycles. The summed E-state index contributed by atoms with van der Waals surface area (Å²) in [6.07, 6.45) is 4.95. The normalized spacial score (nSPS) is 29.8. The van der Waals surface area contributed by atoms with E-state index >= 15 is 0 Å². The first-order valence-corrected chi connectivity index (χ1v) is 4.09. The van der Waals surface area contributed by atoms with Crippen LogP contribution < -0.4 is 5.32 Å². The standard InChI is InChI=1S/C9H14N2O/c1-4-9(12)10-8-6-11(3)5-7(8)2/h1,7-8H,5-6H2,2-3H3,(H,10,12). The van der Waals surface area contributed by atoms with Crippen LogP contribution in [0, 0.1) is 18.3 Å². The summed E-state index contributed by atoms with van der Waals surface area (Å²) < 4.78 is 0. The van der Waals surface area contributed by atoms with Crippen molar-refractivity contribution in [1.29, 1.82) is 0 Å². The summed E-state index contributed by atoms with van der Waals surface area (Å²) in [5, 5.41) is 2.79. The Labute approximate surface area is 73.1 Å². The number of terminal acetylenes is 1. The van der Waals surface area contributed by atoms with Gasteiger partial charge in [-0.05, 0) is 18.9 Å². The Morgan fingerprint density at radius 1 is 1.67 bits per heavy atom. The quantitative estimate of drug-likeness (QED) is 0.542. The summed E-state index contributed by atoms with van der Waals surface area (Å²) in [5.74, 6) is 2.25. The molecule has 2 atom stereocenters. The number of hydrogen-bond donors (Lipinski definition) is 1. The zero-order chi connectivity index (χ0) is 9.14. The zero-order valence-electron chi connectivity index (χ0n) is 7.50. The number of nitrogens with zero attached hydrogens (tertiary/aromatic N) is 1. The third kappa shape index (κ3) is 1.99. The lowest BCUT2D eigenvalue weighted by molar-refractivity contribution is -0.116. The van der Waals surface area contributed by atoms with Gasteiger partial charge in [0.15, 0.2) is 0 Å². The molecule has 3 heteroatoms. The molecule has 66 valence electrons. The summed E-state index contributed by atoms with van der Waals surface area (Å²) >= 11 is 0. The van der Waals surface area contributed by atoms with Gasteiger partial charge in [0, 0.05) is 19.1 Å². The summed E-state index contributed by atoms with van der Waals surface area (Å²) in [6, 6.07) is 0.221. The molecule has 0 saturated carbocycles. The first-order chi connectivity index (χ1) is 5.63. The van der Waals surface area contributed by atoms with Crippen molar-refractivity contribution in [2.45, 2.75) is 13.0 Å². The molecule has 1 amide bonds. The minimum atomic E-state index is -0.304. The molecular weight excluding hydrogens is 152 g/mol. The van der Waals surface area contributed by atoms with Crippen LogP contribution in [0.15, 0.2) is 0 Å². The predicted octanol–water partition coefficient (Wildman–Crippen LogP) is -0.314. The van der Waals surface area contributed by atoms with Gasteiger partial charge in [-0.25, -0.2) is 0 Å². The van der Waals surface area contributed by atoms with E-state index in [2.05, 4.69) is 23.1 Å². The Bertz CT molecular complexity index is 219. The molecule has 1 fully saturated rings. The Balaban J connectivity index is 2.44. The molecule has 0 aromatic heterocycles. The molecule has 12 heavy (non-hydrogen) atoms. The fourth-order valence-corrected chi connectivity index (χ4v) is 1.61. The maximum atomic E-state index is 10.9. The summed E-state index contributed by atoms with van der Waals surface area (Å²) in [6.45, 7) is 4.04. The molecule has 3 nitrogen and oxygen atoms in total. The molecule has 1 N–H and O–H groups in total. The average Bonchev–Trinajstić information content (AvgIpc) is 2.30. The van der Waals surface area contributed by atoms with Crippen molar-refractivity contribution in [2.75, 3.05) is 20.1 Å². The molecule has 1 aliphatic heterocycles. The largest absolute Gasteiger partial charge is 0.341 e. The number of hydrogen-bond acceptors (Lipinski definition) is 2. The lowest BCUT2D eigenvalue weighted by atomic mass is 10.1. The smallest absolute Gasteiger partial charge is 0.295 e. The molecule has 0 bridgehead atoms. The third-order valence-corrected chi connectivity index (χ3v) is 2.24. The maximum absolute atomic E-state index is 10.9. The SMILES string of the molecule is C#CC(=O)NC1CN(C)CC1C. The predicted molar refractivity (Wildman–Crippen MR) is 47.4 cm³/mol. The van der Waals surface area contributed by atoms with Crippen molar-refractivity contribution in [2.24, 2.45) is 5.92 Å². The number of carbonyl (C=O) groups excluding carboxylic acids is 1. The first-order valence-electron chi connectivity index (χ1n) is 4.09. The van der Waals surface area contributed by atoms with Crippen LogP contribution in [0.25, 0.3) is 0 Å². The molecule has 2 unspecified atom stereocenters. The van der Waals surface area contributed by atoms with E-state index in [-0.39, 0.29) is 11.9 Å². The van der Waals surface area contributed by atoms with Crippen molar-refractivity contribution in [3.63, 3.8) is 0 Å². The van der Waals surface area contributed by atoms with Crippen molar-refractivity contribution < 1.29 is 4.79 Å². The second-order valence-corrected chi connectivity index (χ2v) is 3.42. The van der Waals surface area contributed by atoms with Crippen LogP contribution in [-0.4, -0.2) is 37.0 Å². The van der Waals surface area contributed by atoms with Crippen LogP contribution in [-0.2, 0) is 4.79 Å². The molecule has 1 heterocycles. The molecular formula is C9H14N2O. The van der Waals surface area contributed by atoms with Gasteiger partial charge in [0.25, 0.3) is 5.91 Å². The average molecular weight is 166 g/mol. The van der Waals surface area contributed by atoms with E-state index in [4.69, 9.17) is 6.42 Å². The molecule has 0 aromatic rings. The highest BCUT2D eigenvalue weighted by molar-refractivity contribution is 5.93. The number of likely N-dealkylation sites (tertiary alicyclic amines) is 1. The Hall–Kier alpha value is -1.01. The van der Waals surface area contributed by atoms with Gasteiger partial charge in [0.1, 0.15) is 0 Å². The molecule has 0 spiro atoms. The number of likely N-dealkylation sites (N-methyl/N-ethyl adjacent to an activating group) is 1. The van der Waals surface area contributed by atoms with E-state index in [1.807, 2.05) is 7.05 Å². The van der Waals surface area contributed by atoms with Crippen LogP contribution in [0.3, 0.4) is 0 Å². The second-order valence-electron chi connectivity index (χ2n) is 3.42.